The van der Waals surface area contributed by atoms with Gasteiger partial charge in [0.05, 0.1) is 0 Å². The van der Waals surface area contributed by atoms with Crippen molar-refractivity contribution in [3.63, 3.8) is 0 Å². The van der Waals surface area contributed by atoms with Crippen LogP contribution in [0, 0.1) is 6.92 Å². The summed E-state index contributed by atoms with van der Waals surface area (Å²) in [5.74, 6) is -0.830. The van der Waals surface area contributed by atoms with Crippen LogP contribution in [0.25, 0.3) is 0 Å². The van der Waals surface area contributed by atoms with Crippen molar-refractivity contribution in [2.75, 3.05) is 19.6 Å². The zero-order valence-corrected chi connectivity index (χ0v) is 9.65. The molecule has 0 atom stereocenters. The van der Waals surface area contributed by atoms with Crippen LogP contribution >= 0.6 is 0 Å². The van der Waals surface area contributed by atoms with Gasteiger partial charge in [0, 0.05) is 19.3 Å². The quantitative estimate of drug-likeness (QED) is 0.841. The molecule has 1 fully saturated rings. The summed E-state index contributed by atoms with van der Waals surface area (Å²) < 4.78 is 1.84. The number of carboxylic acids is 1. The van der Waals surface area contributed by atoms with Crippen LogP contribution in [0.4, 0.5) is 0 Å². The van der Waals surface area contributed by atoms with Crippen molar-refractivity contribution < 1.29 is 9.90 Å². The Hall–Kier alpha value is -1.29. The highest BCUT2D eigenvalue weighted by Gasteiger charge is 2.15. The van der Waals surface area contributed by atoms with E-state index in [-0.39, 0.29) is 0 Å². The Morgan fingerprint density at radius 2 is 2.06 bits per heavy atom. The molecule has 4 heteroatoms. The first-order chi connectivity index (χ1) is 7.68. The normalized spacial score (nSPS) is 16.8. The molecule has 0 unspecified atom stereocenters. The Morgan fingerprint density at radius 3 is 2.69 bits per heavy atom. The lowest BCUT2D eigenvalue weighted by molar-refractivity contribution is 0.0683. The van der Waals surface area contributed by atoms with Gasteiger partial charge < -0.3 is 14.6 Å². The van der Waals surface area contributed by atoms with Crippen LogP contribution in [-0.2, 0) is 6.54 Å². The number of likely N-dealkylation sites (tertiary alicyclic amines) is 1. The van der Waals surface area contributed by atoms with Crippen LogP contribution in [0.1, 0.15) is 28.9 Å². The zero-order valence-electron chi connectivity index (χ0n) is 9.65. The maximum atomic E-state index is 11.1. The largest absolute Gasteiger partial charge is 0.477 e. The molecule has 0 aromatic carbocycles. The number of nitrogens with zero attached hydrogens (tertiary/aromatic N) is 2. The summed E-state index contributed by atoms with van der Waals surface area (Å²) in [6.45, 7) is 5.88. The molecule has 0 saturated carbocycles. The summed E-state index contributed by atoms with van der Waals surface area (Å²) in [7, 11) is 0. The fourth-order valence-corrected chi connectivity index (χ4v) is 2.32. The van der Waals surface area contributed by atoms with Crippen molar-refractivity contribution in [3.05, 3.63) is 23.5 Å². The topological polar surface area (TPSA) is 45.5 Å². The maximum Gasteiger partial charge on any atom is 0.352 e. The van der Waals surface area contributed by atoms with Gasteiger partial charge in [0.2, 0.25) is 0 Å². The van der Waals surface area contributed by atoms with Crippen molar-refractivity contribution >= 4 is 5.97 Å². The first kappa shape index (κ1) is 11.2. The molecule has 1 aliphatic heterocycles. The van der Waals surface area contributed by atoms with Crippen molar-refractivity contribution in [1.82, 2.24) is 9.47 Å². The van der Waals surface area contributed by atoms with Gasteiger partial charge in [0.25, 0.3) is 0 Å². The van der Waals surface area contributed by atoms with E-state index in [1.165, 1.54) is 12.8 Å². The van der Waals surface area contributed by atoms with E-state index in [0.29, 0.717) is 5.69 Å². The lowest BCUT2D eigenvalue weighted by Gasteiger charge is -2.15. The van der Waals surface area contributed by atoms with Crippen LogP contribution < -0.4 is 0 Å². The molecule has 0 bridgehead atoms. The summed E-state index contributed by atoms with van der Waals surface area (Å²) in [5.41, 5.74) is 1.27. The molecule has 2 rings (SSSR count). The van der Waals surface area contributed by atoms with Crippen LogP contribution in [0.2, 0.25) is 0 Å². The van der Waals surface area contributed by atoms with Gasteiger partial charge in [0.15, 0.2) is 0 Å². The van der Waals surface area contributed by atoms with Crippen molar-refractivity contribution in [2.45, 2.75) is 26.3 Å². The van der Waals surface area contributed by atoms with Gasteiger partial charge in [-0.1, -0.05) is 0 Å². The third-order valence-electron chi connectivity index (χ3n) is 3.22. The number of rotatable bonds is 4. The molecule has 1 aliphatic rings. The van der Waals surface area contributed by atoms with Gasteiger partial charge >= 0.3 is 5.97 Å². The second kappa shape index (κ2) is 4.70. The van der Waals surface area contributed by atoms with Crippen molar-refractivity contribution in [3.8, 4) is 0 Å². The molecule has 1 saturated heterocycles. The van der Waals surface area contributed by atoms with Crippen LogP contribution in [0.3, 0.4) is 0 Å². The summed E-state index contributed by atoms with van der Waals surface area (Å²) in [6.07, 6.45) is 4.42. The molecule has 16 heavy (non-hydrogen) atoms. The summed E-state index contributed by atoms with van der Waals surface area (Å²) in [4.78, 5) is 13.5. The monoisotopic (exact) mass is 222 g/mol. The number of hydrogen-bond donors (Lipinski definition) is 1. The van der Waals surface area contributed by atoms with Gasteiger partial charge in [-0.15, -0.1) is 0 Å². The molecule has 2 heterocycles. The molecule has 1 aromatic rings. The second-order valence-electron chi connectivity index (χ2n) is 4.39. The van der Waals surface area contributed by atoms with E-state index < -0.39 is 5.97 Å². The van der Waals surface area contributed by atoms with Gasteiger partial charge in [-0.3, -0.25) is 0 Å². The predicted octanol–water partition coefficient (Wildman–Crippen LogP) is 1.59. The molecule has 0 amide bonds. The number of hydrogen-bond acceptors (Lipinski definition) is 2. The molecular formula is C12H18N2O2. The minimum Gasteiger partial charge on any atom is -0.477 e. The van der Waals surface area contributed by atoms with Gasteiger partial charge in [0.1, 0.15) is 5.69 Å². The first-order valence-electron chi connectivity index (χ1n) is 5.80. The van der Waals surface area contributed by atoms with E-state index >= 15 is 0 Å². The van der Waals surface area contributed by atoms with E-state index in [2.05, 4.69) is 4.90 Å². The van der Waals surface area contributed by atoms with E-state index in [1.54, 1.807) is 0 Å². The van der Waals surface area contributed by atoms with E-state index in [4.69, 9.17) is 5.11 Å². The standard InChI is InChI=1S/C12H18N2O2/c1-10-4-7-14(11(10)12(15)16)9-8-13-5-2-3-6-13/h4,7H,2-3,5-6,8-9H2,1H3,(H,15,16). The average Bonchev–Trinajstić information content (AvgIpc) is 2.83. The highest BCUT2D eigenvalue weighted by molar-refractivity contribution is 5.87. The second-order valence-corrected chi connectivity index (χ2v) is 4.39. The fraction of sp³-hybridized carbons (Fsp3) is 0.583. The minimum absolute atomic E-state index is 0.430. The maximum absolute atomic E-state index is 11.1. The van der Waals surface area contributed by atoms with Gasteiger partial charge in [-0.05, 0) is 44.5 Å². The highest BCUT2D eigenvalue weighted by atomic mass is 16.4. The third kappa shape index (κ3) is 2.27. The number of carboxylic acid groups (broad SMARTS) is 1. The Balaban J connectivity index is 2.00. The molecule has 88 valence electrons. The van der Waals surface area contributed by atoms with Crippen LogP contribution in [0.5, 0.6) is 0 Å². The van der Waals surface area contributed by atoms with Crippen molar-refractivity contribution in [2.24, 2.45) is 0 Å². The molecular weight excluding hydrogens is 204 g/mol. The number of aryl methyl sites for hydroxylation is 1. The number of carbonyl (C=O) groups is 1. The Bertz CT molecular complexity index is 378. The zero-order chi connectivity index (χ0) is 11.5. The lowest BCUT2D eigenvalue weighted by Crippen LogP contribution is -2.25. The third-order valence-corrected chi connectivity index (χ3v) is 3.22. The highest BCUT2D eigenvalue weighted by Crippen LogP contribution is 2.12. The van der Waals surface area contributed by atoms with Gasteiger partial charge in [-0.2, -0.15) is 0 Å². The molecule has 1 aromatic heterocycles. The average molecular weight is 222 g/mol. The SMILES string of the molecule is Cc1ccn(CCN2CCCC2)c1C(=O)O. The molecule has 4 nitrogen and oxygen atoms in total. The van der Waals surface area contributed by atoms with Crippen LogP contribution in [-0.4, -0.2) is 40.2 Å². The van der Waals surface area contributed by atoms with E-state index in [1.807, 2.05) is 23.8 Å². The van der Waals surface area contributed by atoms with E-state index in [0.717, 1.165) is 31.7 Å². The molecule has 0 spiro atoms. The summed E-state index contributed by atoms with van der Waals surface area (Å²) in [5, 5.41) is 9.09. The minimum atomic E-state index is -0.830. The molecule has 0 radical (unpaired) electrons. The Labute approximate surface area is 95.5 Å². The summed E-state index contributed by atoms with van der Waals surface area (Å²) in [6, 6.07) is 1.87. The fourth-order valence-electron chi connectivity index (χ4n) is 2.32. The number of aromatic carboxylic acids is 1. The van der Waals surface area contributed by atoms with Gasteiger partial charge in [-0.25, -0.2) is 4.79 Å². The van der Waals surface area contributed by atoms with E-state index in [9.17, 15) is 4.79 Å². The lowest BCUT2D eigenvalue weighted by atomic mass is 10.3. The predicted molar refractivity (Wildman–Crippen MR) is 61.8 cm³/mol. The Morgan fingerprint density at radius 1 is 1.38 bits per heavy atom. The number of aromatic nitrogens is 1. The molecule has 0 aliphatic carbocycles. The first-order valence-corrected chi connectivity index (χ1v) is 5.80. The molecule has 1 N–H and O–H groups in total. The Kier molecular flexibility index (Phi) is 3.29. The smallest absolute Gasteiger partial charge is 0.352 e. The summed E-state index contributed by atoms with van der Waals surface area (Å²) >= 11 is 0. The van der Waals surface area contributed by atoms with Crippen molar-refractivity contribution in [1.29, 1.82) is 0 Å². The van der Waals surface area contributed by atoms with Crippen LogP contribution in [0.15, 0.2) is 12.3 Å².